The first-order chi connectivity index (χ1) is 12.6. The second kappa shape index (κ2) is 6.80. The van der Waals surface area contributed by atoms with Crippen molar-refractivity contribution in [2.75, 3.05) is 13.8 Å². The van der Waals surface area contributed by atoms with Crippen molar-refractivity contribution in [2.24, 2.45) is 0 Å². The number of amides is 2. The van der Waals surface area contributed by atoms with Crippen LogP contribution in [0.5, 0.6) is 11.5 Å². The molecule has 0 aliphatic carbocycles. The molecule has 4 rings (SSSR count). The largest absolute Gasteiger partial charge is 0.454 e. The normalized spacial score (nSPS) is 18.8. The van der Waals surface area contributed by atoms with E-state index < -0.39 is 6.04 Å². The van der Waals surface area contributed by atoms with Crippen molar-refractivity contribution < 1.29 is 19.1 Å². The number of nitrogens with zero attached hydrogens (tertiary/aromatic N) is 2. The molecule has 2 aliphatic rings. The van der Waals surface area contributed by atoms with Gasteiger partial charge in [0, 0.05) is 6.54 Å². The van der Waals surface area contributed by atoms with Crippen molar-refractivity contribution in [2.45, 2.75) is 25.6 Å². The quantitative estimate of drug-likeness (QED) is 0.772. The minimum atomic E-state index is -0.434. The lowest BCUT2D eigenvalue weighted by atomic mass is 10.1. The molecule has 0 N–H and O–H groups in total. The highest BCUT2D eigenvalue weighted by molar-refractivity contribution is 6.05. The molecule has 2 aliphatic heterocycles. The molecule has 0 saturated carbocycles. The fraction of sp³-hybridized carbons (Fsp3) is 0.300. The number of benzene rings is 2. The van der Waals surface area contributed by atoms with Crippen LogP contribution in [0.15, 0.2) is 48.5 Å². The van der Waals surface area contributed by atoms with Gasteiger partial charge in [-0.3, -0.25) is 19.4 Å². The summed E-state index contributed by atoms with van der Waals surface area (Å²) >= 11 is 0. The topological polar surface area (TPSA) is 59.1 Å². The number of rotatable bonds is 5. The maximum atomic E-state index is 12.8. The number of hydrogen-bond acceptors (Lipinski definition) is 5. The summed E-state index contributed by atoms with van der Waals surface area (Å²) in [7, 11) is 1.87. The molecule has 0 unspecified atom stereocenters. The average Bonchev–Trinajstić information content (AvgIpc) is 3.22. The minimum absolute atomic E-state index is 0.124. The second-order valence-electron chi connectivity index (χ2n) is 6.63. The van der Waals surface area contributed by atoms with Gasteiger partial charge >= 0.3 is 0 Å². The smallest absolute Gasteiger partial charge is 0.247 e. The zero-order valence-corrected chi connectivity index (χ0v) is 14.6. The highest BCUT2D eigenvalue weighted by Crippen LogP contribution is 2.33. The lowest BCUT2D eigenvalue weighted by molar-refractivity contribution is -0.140. The number of ether oxygens (including phenoxy) is 2. The van der Waals surface area contributed by atoms with Crippen LogP contribution < -0.4 is 9.47 Å². The van der Waals surface area contributed by atoms with Crippen LogP contribution in [0.4, 0.5) is 0 Å². The Labute approximate surface area is 151 Å². The molecule has 26 heavy (non-hydrogen) atoms. The number of fused-ring (bicyclic) bond motifs is 1. The van der Waals surface area contributed by atoms with Crippen LogP contribution in [0, 0.1) is 0 Å². The zero-order chi connectivity index (χ0) is 18.1. The number of carbonyl (C=O) groups excluding carboxylic acids is 2. The third-order valence-electron chi connectivity index (χ3n) is 4.80. The van der Waals surface area contributed by atoms with Gasteiger partial charge in [-0.1, -0.05) is 36.4 Å². The number of carbonyl (C=O) groups is 2. The molecule has 6 heteroatoms. The van der Waals surface area contributed by atoms with Crippen molar-refractivity contribution in [3.8, 4) is 11.5 Å². The number of likely N-dealkylation sites (tertiary alicyclic amines) is 1. The lowest BCUT2D eigenvalue weighted by Gasteiger charge is -2.23. The van der Waals surface area contributed by atoms with Crippen LogP contribution in [-0.4, -0.2) is 41.5 Å². The average molecular weight is 352 g/mol. The van der Waals surface area contributed by atoms with Crippen LogP contribution in [0.1, 0.15) is 17.5 Å². The number of hydrogen-bond donors (Lipinski definition) is 0. The predicted molar refractivity (Wildman–Crippen MR) is 94.4 cm³/mol. The molecular weight excluding hydrogens is 332 g/mol. The van der Waals surface area contributed by atoms with Gasteiger partial charge in [0.25, 0.3) is 0 Å². The first kappa shape index (κ1) is 16.6. The molecule has 0 aromatic heterocycles. The van der Waals surface area contributed by atoms with Crippen LogP contribution in [0.3, 0.4) is 0 Å². The van der Waals surface area contributed by atoms with E-state index in [0.717, 1.165) is 22.6 Å². The van der Waals surface area contributed by atoms with E-state index in [1.807, 2.05) is 60.5 Å². The maximum Gasteiger partial charge on any atom is 0.247 e. The lowest BCUT2D eigenvalue weighted by Crippen LogP contribution is -2.39. The van der Waals surface area contributed by atoms with Gasteiger partial charge in [0.05, 0.1) is 19.0 Å². The summed E-state index contributed by atoms with van der Waals surface area (Å²) < 4.78 is 10.7. The maximum absolute atomic E-state index is 12.8. The molecule has 2 aromatic carbocycles. The Morgan fingerprint density at radius 2 is 1.81 bits per heavy atom. The van der Waals surface area contributed by atoms with Crippen molar-refractivity contribution in [1.82, 2.24) is 9.80 Å². The van der Waals surface area contributed by atoms with Gasteiger partial charge in [0.15, 0.2) is 11.5 Å². The van der Waals surface area contributed by atoms with Crippen molar-refractivity contribution in [3.05, 3.63) is 59.7 Å². The molecule has 134 valence electrons. The number of imide groups is 1. The third-order valence-corrected chi connectivity index (χ3v) is 4.80. The summed E-state index contributed by atoms with van der Waals surface area (Å²) in [6, 6.07) is 14.9. The highest BCUT2D eigenvalue weighted by atomic mass is 16.7. The number of likely N-dealkylation sites (N-methyl/N-ethyl adjacent to an activating group) is 1. The summed E-state index contributed by atoms with van der Waals surface area (Å²) in [4.78, 5) is 28.4. The van der Waals surface area contributed by atoms with Crippen molar-refractivity contribution in [3.63, 3.8) is 0 Å². The van der Waals surface area contributed by atoms with Crippen LogP contribution in [-0.2, 0) is 22.7 Å². The fourth-order valence-corrected chi connectivity index (χ4v) is 3.38. The standard InChI is InChI=1S/C20H20N2O4/c1-21(11-15-7-8-17-18(9-15)26-13-25-17)16-10-19(23)22(20(16)24)12-14-5-3-2-4-6-14/h2-9,16H,10-13H2,1H3/t16-/m1/s1. The van der Waals surface area contributed by atoms with Gasteiger partial charge in [-0.05, 0) is 30.3 Å². The van der Waals surface area contributed by atoms with Crippen LogP contribution in [0.2, 0.25) is 0 Å². The Bertz CT molecular complexity index is 837. The Morgan fingerprint density at radius 1 is 1.04 bits per heavy atom. The molecule has 1 saturated heterocycles. The fourth-order valence-electron chi connectivity index (χ4n) is 3.38. The van der Waals surface area contributed by atoms with Crippen molar-refractivity contribution in [1.29, 1.82) is 0 Å². The van der Waals surface area contributed by atoms with E-state index in [2.05, 4.69) is 0 Å². The summed E-state index contributed by atoms with van der Waals surface area (Å²) in [5.41, 5.74) is 1.96. The van der Waals surface area contributed by atoms with Gasteiger partial charge in [0.2, 0.25) is 18.6 Å². The molecule has 1 atom stereocenters. The van der Waals surface area contributed by atoms with E-state index in [9.17, 15) is 9.59 Å². The first-order valence-electron chi connectivity index (χ1n) is 8.59. The molecule has 1 fully saturated rings. The van der Waals surface area contributed by atoms with Gasteiger partial charge < -0.3 is 9.47 Å². The summed E-state index contributed by atoms with van der Waals surface area (Å²) in [6.45, 7) is 1.12. The molecule has 6 nitrogen and oxygen atoms in total. The Morgan fingerprint density at radius 3 is 2.62 bits per heavy atom. The Hall–Kier alpha value is -2.86. The summed E-state index contributed by atoms with van der Waals surface area (Å²) in [5.74, 6) is 1.19. The van der Waals surface area contributed by atoms with Crippen LogP contribution in [0.25, 0.3) is 0 Å². The predicted octanol–water partition coefficient (Wildman–Crippen LogP) is 2.17. The van der Waals surface area contributed by atoms with E-state index in [1.54, 1.807) is 0 Å². The molecule has 2 heterocycles. The van der Waals surface area contributed by atoms with Crippen molar-refractivity contribution >= 4 is 11.8 Å². The molecule has 0 bridgehead atoms. The van der Waals surface area contributed by atoms with E-state index >= 15 is 0 Å². The molecule has 0 spiro atoms. The van der Waals surface area contributed by atoms with E-state index in [4.69, 9.17) is 9.47 Å². The molecular formula is C20H20N2O4. The van der Waals surface area contributed by atoms with Gasteiger partial charge in [0.1, 0.15) is 0 Å². The van der Waals surface area contributed by atoms with E-state index in [1.165, 1.54) is 4.90 Å². The van der Waals surface area contributed by atoms with Crippen LogP contribution >= 0.6 is 0 Å². The molecule has 2 amide bonds. The minimum Gasteiger partial charge on any atom is -0.454 e. The zero-order valence-electron chi connectivity index (χ0n) is 14.6. The third kappa shape index (κ3) is 3.15. The second-order valence-corrected chi connectivity index (χ2v) is 6.63. The Kier molecular flexibility index (Phi) is 4.34. The van der Waals surface area contributed by atoms with Gasteiger partial charge in [-0.15, -0.1) is 0 Å². The van der Waals surface area contributed by atoms with E-state index in [0.29, 0.717) is 13.1 Å². The highest BCUT2D eigenvalue weighted by Gasteiger charge is 2.40. The first-order valence-corrected chi connectivity index (χ1v) is 8.59. The molecule has 2 aromatic rings. The Balaban J connectivity index is 1.44. The van der Waals surface area contributed by atoms with Gasteiger partial charge in [-0.2, -0.15) is 0 Å². The van der Waals surface area contributed by atoms with E-state index in [-0.39, 0.29) is 25.0 Å². The SMILES string of the molecule is CN(Cc1ccc2c(c1)OCO2)[C@@H]1CC(=O)N(Cc2ccccc2)C1=O. The summed E-state index contributed by atoms with van der Waals surface area (Å²) in [6.07, 6.45) is 0.215. The molecule has 0 radical (unpaired) electrons. The monoisotopic (exact) mass is 352 g/mol. The van der Waals surface area contributed by atoms with Gasteiger partial charge in [-0.25, -0.2) is 0 Å². The summed E-state index contributed by atoms with van der Waals surface area (Å²) in [5, 5.41) is 0.